The number of unbranched alkanes of at least 4 members (excludes halogenated alkanes) is 19. The maximum Gasteiger partial charge on any atom is 0.00886 e. The molecule has 0 aliphatic heterocycles. The summed E-state index contributed by atoms with van der Waals surface area (Å²) in [4.78, 5) is 0. The van der Waals surface area contributed by atoms with E-state index in [2.05, 4.69) is 32.6 Å². The molecule has 0 amide bonds. The third-order valence-electron chi connectivity index (χ3n) is 6.58. The molecule has 0 N–H and O–H groups in total. The van der Waals surface area contributed by atoms with Crippen molar-refractivity contribution in [3.63, 3.8) is 0 Å². The fraction of sp³-hybridized carbons (Fsp3) is 0.933. The minimum atomic E-state index is 0.947. The topological polar surface area (TPSA) is 0 Å². The average Bonchev–Trinajstić information content (AvgIpc) is 2.75. The lowest BCUT2D eigenvalue weighted by molar-refractivity contribution is 0.432. The van der Waals surface area contributed by atoms with Crippen molar-refractivity contribution < 1.29 is 0 Å². The fourth-order valence-electron chi connectivity index (χ4n) is 4.35. The van der Waals surface area contributed by atoms with Gasteiger partial charge in [0.2, 0.25) is 0 Å². The lowest BCUT2D eigenvalue weighted by Crippen LogP contribution is -1.95. The summed E-state index contributed by atoms with van der Waals surface area (Å²) in [6.07, 6.45) is 33.5. The molecule has 0 aromatic heterocycles. The van der Waals surface area contributed by atoms with Crippen molar-refractivity contribution in [1.29, 1.82) is 0 Å². The summed E-state index contributed by atoms with van der Waals surface area (Å²) < 4.78 is 0. The zero-order valence-electron chi connectivity index (χ0n) is 21.5. The molecule has 0 radical (unpaired) electrons. The lowest BCUT2D eigenvalue weighted by atomic mass is 9.96. The van der Waals surface area contributed by atoms with E-state index in [1.807, 2.05) is 0 Å². The van der Waals surface area contributed by atoms with E-state index >= 15 is 0 Å². The molecule has 1 unspecified atom stereocenters. The van der Waals surface area contributed by atoms with Crippen molar-refractivity contribution in [2.24, 2.45) is 5.92 Å². The van der Waals surface area contributed by atoms with Crippen LogP contribution in [-0.2, 0) is 0 Å². The van der Waals surface area contributed by atoms with E-state index < -0.39 is 0 Å². The molecule has 0 fully saturated rings. The van der Waals surface area contributed by atoms with Gasteiger partial charge in [-0.2, -0.15) is 0 Å². The summed E-state index contributed by atoms with van der Waals surface area (Å²) >= 11 is 0. The Morgan fingerprint density at radius 2 is 0.700 bits per heavy atom. The SMILES string of the molecule is CCCCCCCCCCCC#CCCCCCCCC(C)CCCCCCCC. The van der Waals surface area contributed by atoms with Crippen LogP contribution in [0.15, 0.2) is 0 Å². The number of hydrogen-bond acceptors (Lipinski definition) is 0. The Bertz CT molecular complexity index is 358. The first-order valence-corrected chi connectivity index (χ1v) is 14.3. The highest BCUT2D eigenvalue weighted by Gasteiger charge is 2.02. The van der Waals surface area contributed by atoms with Crippen molar-refractivity contribution in [1.82, 2.24) is 0 Å². The maximum absolute atomic E-state index is 3.41. The van der Waals surface area contributed by atoms with E-state index in [9.17, 15) is 0 Å². The zero-order chi connectivity index (χ0) is 22.0. The largest absolute Gasteiger partial charge is 0.103 e. The van der Waals surface area contributed by atoms with E-state index in [-0.39, 0.29) is 0 Å². The Hall–Kier alpha value is -0.440. The van der Waals surface area contributed by atoms with E-state index in [1.165, 1.54) is 141 Å². The van der Waals surface area contributed by atoms with Crippen molar-refractivity contribution in [3.05, 3.63) is 0 Å². The summed E-state index contributed by atoms with van der Waals surface area (Å²) in [6, 6.07) is 0. The molecule has 0 aliphatic carbocycles. The summed E-state index contributed by atoms with van der Waals surface area (Å²) in [5.41, 5.74) is 0. The van der Waals surface area contributed by atoms with Crippen molar-refractivity contribution in [3.8, 4) is 11.8 Å². The molecule has 0 rings (SSSR count). The van der Waals surface area contributed by atoms with Crippen molar-refractivity contribution in [2.45, 2.75) is 175 Å². The van der Waals surface area contributed by atoms with Crippen LogP contribution in [-0.4, -0.2) is 0 Å². The second kappa shape index (κ2) is 26.6. The quantitative estimate of drug-likeness (QED) is 0.114. The highest BCUT2D eigenvalue weighted by Crippen LogP contribution is 2.18. The molecule has 0 saturated carbocycles. The van der Waals surface area contributed by atoms with E-state index in [0.717, 1.165) is 18.8 Å². The van der Waals surface area contributed by atoms with Gasteiger partial charge in [0.05, 0.1) is 0 Å². The van der Waals surface area contributed by atoms with Crippen LogP contribution in [0.5, 0.6) is 0 Å². The molecule has 0 aromatic carbocycles. The highest BCUT2D eigenvalue weighted by molar-refractivity contribution is 4.98. The molecule has 0 aromatic rings. The van der Waals surface area contributed by atoms with Gasteiger partial charge in [-0.3, -0.25) is 0 Å². The Labute approximate surface area is 192 Å². The third kappa shape index (κ3) is 25.6. The molecule has 0 heterocycles. The molecule has 0 nitrogen and oxygen atoms in total. The smallest absolute Gasteiger partial charge is 0.00886 e. The van der Waals surface area contributed by atoms with Crippen LogP contribution in [0, 0.1) is 17.8 Å². The normalized spacial score (nSPS) is 12.0. The molecular formula is C30H58. The van der Waals surface area contributed by atoms with E-state index in [4.69, 9.17) is 0 Å². The lowest BCUT2D eigenvalue weighted by Gasteiger charge is -2.10. The Kier molecular flexibility index (Phi) is 26.2. The van der Waals surface area contributed by atoms with E-state index in [0.29, 0.717) is 0 Å². The summed E-state index contributed by atoms with van der Waals surface area (Å²) in [5, 5.41) is 0. The molecule has 178 valence electrons. The van der Waals surface area contributed by atoms with Gasteiger partial charge in [0.15, 0.2) is 0 Å². The standard InChI is InChI=1S/C30H58/c1-4-6-8-10-12-13-14-15-16-17-18-19-20-21-22-23-25-27-29-30(3)28-26-24-11-9-7-5-2/h30H,4-17,20-29H2,1-3H3. The zero-order valence-corrected chi connectivity index (χ0v) is 21.5. The average molecular weight is 419 g/mol. The van der Waals surface area contributed by atoms with Gasteiger partial charge in [-0.15, -0.1) is 11.8 Å². The van der Waals surface area contributed by atoms with Crippen LogP contribution < -0.4 is 0 Å². The Morgan fingerprint density at radius 3 is 1.07 bits per heavy atom. The van der Waals surface area contributed by atoms with Crippen LogP contribution in [0.4, 0.5) is 0 Å². The number of hydrogen-bond donors (Lipinski definition) is 0. The first-order valence-electron chi connectivity index (χ1n) is 14.3. The second-order valence-electron chi connectivity index (χ2n) is 9.90. The molecule has 0 heteroatoms. The molecule has 0 saturated heterocycles. The first kappa shape index (κ1) is 29.6. The van der Waals surface area contributed by atoms with Gasteiger partial charge in [0.25, 0.3) is 0 Å². The van der Waals surface area contributed by atoms with Gasteiger partial charge in [0, 0.05) is 12.8 Å². The monoisotopic (exact) mass is 418 g/mol. The fourth-order valence-corrected chi connectivity index (χ4v) is 4.35. The molecule has 0 bridgehead atoms. The Morgan fingerprint density at radius 1 is 0.400 bits per heavy atom. The van der Waals surface area contributed by atoms with Crippen molar-refractivity contribution >= 4 is 0 Å². The molecule has 0 aliphatic rings. The highest BCUT2D eigenvalue weighted by atomic mass is 14.1. The first-order chi connectivity index (χ1) is 14.8. The van der Waals surface area contributed by atoms with E-state index in [1.54, 1.807) is 0 Å². The van der Waals surface area contributed by atoms with Crippen molar-refractivity contribution in [2.75, 3.05) is 0 Å². The van der Waals surface area contributed by atoms with Gasteiger partial charge in [0.1, 0.15) is 0 Å². The van der Waals surface area contributed by atoms with Crippen LogP contribution in [0.25, 0.3) is 0 Å². The molecule has 0 spiro atoms. The predicted octanol–water partition coefficient (Wildman–Crippen LogP) is 11.0. The predicted molar refractivity (Wildman–Crippen MR) is 139 cm³/mol. The van der Waals surface area contributed by atoms with Crippen LogP contribution in [0.2, 0.25) is 0 Å². The summed E-state index contributed by atoms with van der Waals surface area (Å²) in [5.74, 6) is 7.77. The minimum absolute atomic E-state index is 0.947. The molecule has 1 atom stereocenters. The summed E-state index contributed by atoms with van der Waals surface area (Å²) in [7, 11) is 0. The van der Waals surface area contributed by atoms with Gasteiger partial charge >= 0.3 is 0 Å². The maximum atomic E-state index is 3.41. The van der Waals surface area contributed by atoms with Crippen LogP contribution in [0.1, 0.15) is 175 Å². The number of rotatable bonds is 23. The van der Waals surface area contributed by atoms with Gasteiger partial charge < -0.3 is 0 Å². The third-order valence-corrected chi connectivity index (χ3v) is 6.58. The van der Waals surface area contributed by atoms with Crippen LogP contribution >= 0.6 is 0 Å². The van der Waals surface area contributed by atoms with Gasteiger partial charge in [-0.05, 0) is 18.8 Å². The van der Waals surface area contributed by atoms with Gasteiger partial charge in [-0.25, -0.2) is 0 Å². The van der Waals surface area contributed by atoms with Crippen LogP contribution in [0.3, 0.4) is 0 Å². The molecular weight excluding hydrogens is 360 g/mol. The Balaban J connectivity index is 3.20. The second-order valence-corrected chi connectivity index (χ2v) is 9.90. The van der Waals surface area contributed by atoms with Gasteiger partial charge in [-0.1, -0.05) is 149 Å². The molecule has 30 heavy (non-hydrogen) atoms. The summed E-state index contributed by atoms with van der Waals surface area (Å²) in [6.45, 7) is 7.06. The minimum Gasteiger partial charge on any atom is -0.103 e.